The van der Waals surface area contributed by atoms with Gasteiger partial charge in [-0.25, -0.2) is 0 Å². The monoisotopic (exact) mass is 254 g/mol. The van der Waals surface area contributed by atoms with E-state index in [-0.39, 0.29) is 0 Å². The summed E-state index contributed by atoms with van der Waals surface area (Å²) < 4.78 is 5.36. The summed E-state index contributed by atoms with van der Waals surface area (Å²) in [5.41, 5.74) is 0. The normalized spacial score (nSPS) is 23.6. The molecule has 0 aliphatic heterocycles. The Morgan fingerprint density at radius 2 is 2.35 bits per heavy atom. The SMILES string of the molecule is CCOc1cccc(NCC2CCCC2Cl)n1. The Bertz CT molecular complexity index is 359. The van der Waals surface area contributed by atoms with Gasteiger partial charge in [-0.15, -0.1) is 11.6 Å². The van der Waals surface area contributed by atoms with E-state index < -0.39 is 0 Å². The number of anilines is 1. The van der Waals surface area contributed by atoms with Crippen LogP contribution in [0.1, 0.15) is 26.2 Å². The van der Waals surface area contributed by atoms with Gasteiger partial charge in [-0.3, -0.25) is 0 Å². The van der Waals surface area contributed by atoms with Gasteiger partial charge >= 0.3 is 0 Å². The molecule has 1 fully saturated rings. The third-order valence-corrected chi connectivity index (χ3v) is 3.70. The molecule has 1 saturated carbocycles. The lowest BCUT2D eigenvalue weighted by molar-refractivity contribution is 0.327. The van der Waals surface area contributed by atoms with Crippen molar-refractivity contribution in [2.45, 2.75) is 31.6 Å². The lowest BCUT2D eigenvalue weighted by Gasteiger charge is -2.15. The molecule has 4 heteroatoms. The van der Waals surface area contributed by atoms with Crippen molar-refractivity contribution >= 4 is 17.4 Å². The lowest BCUT2D eigenvalue weighted by Crippen LogP contribution is -2.18. The van der Waals surface area contributed by atoms with E-state index in [1.54, 1.807) is 0 Å². The average Bonchev–Trinajstić information content (AvgIpc) is 2.73. The zero-order valence-corrected chi connectivity index (χ0v) is 10.9. The summed E-state index contributed by atoms with van der Waals surface area (Å²) in [7, 11) is 0. The van der Waals surface area contributed by atoms with E-state index in [9.17, 15) is 0 Å². The summed E-state index contributed by atoms with van der Waals surface area (Å²) in [6, 6.07) is 5.78. The zero-order valence-electron chi connectivity index (χ0n) is 10.2. The van der Waals surface area contributed by atoms with Gasteiger partial charge in [-0.2, -0.15) is 4.98 Å². The molecule has 1 aromatic heterocycles. The topological polar surface area (TPSA) is 34.1 Å². The Balaban J connectivity index is 1.87. The summed E-state index contributed by atoms with van der Waals surface area (Å²) in [6.45, 7) is 3.50. The number of nitrogens with one attached hydrogen (secondary N) is 1. The molecule has 0 bridgehead atoms. The molecule has 2 unspecified atom stereocenters. The second-order valence-corrected chi connectivity index (χ2v) is 4.94. The number of aromatic nitrogens is 1. The van der Waals surface area contributed by atoms with Crippen LogP contribution in [-0.4, -0.2) is 23.5 Å². The second kappa shape index (κ2) is 6.10. The van der Waals surface area contributed by atoms with Gasteiger partial charge in [0.05, 0.1) is 6.61 Å². The van der Waals surface area contributed by atoms with Crippen LogP contribution in [0.3, 0.4) is 0 Å². The van der Waals surface area contributed by atoms with Crippen molar-refractivity contribution in [2.75, 3.05) is 18.5 Å². The first kappa shape index (κ1) is 12.5. The fraction of sp³-hybridized carbons (Fsp3) is 0.615. The van der Waals surface area contributed by atoms with Gasteiger partial charge < -0.3 is 10.1 Å². The van der Waals surface area contributed by atoms with E-state index in [1.807, 2.05) is 25.1 Å². The molecule has 2 rings (SSSR count). The first-order valence-electron chi connectivity index (χ1n) is 6.27. The van der Waals surface area contributed by atoms with Crippen LogP contribution in [-0.2, 0) is 0 Å². The zero-order chi connectivity index (χ0) is 12.1. The molecule has 2 atom stereocenters. The highest BCUT2D eigenvalue weighted by Gasteiger charge is 2.24. The van der Waals surface area contributed by atoms with Crippen LogP contribution < -0.4 is 10.1 Å². The van der Waals surface area contributed by atoms with Crippen molar-refractivity contribution in [3.8, 4) is 5.88 Å². The fourth-order valence-corrected chi connectivity index (χ4v) is 2.57. The van der Waals surface area contributed by atoms with E-state index >= 15 is 0 Å². The fourth-order valence-electron chi connectivity index (χ4n) is 2.20. The van der Waals surface area contributed by atoms with Crippen molar-refractivity contribution in [1.29, 1.82) is 0 Å². The molecule has 0 saturated heterocycles. The molecule has 1 aliphatic rings. The van der Waals surface area contributed by atoms with Crippen molar-refractivity contribution in [3.63, 3.8) is 0 Å². The minimum atomic E-state index is 0.317. The predicted molar refractivity (Wildman–Crippen MR) is 70.9 cm³/mol. The van der Waals surface area contributed by atoms with E-state index in [1.165, 1.54) is 12.8 Å². The Morgan fingerprint density at radius 3 is 3.06 bits per heavy atom. The maximum absolute atomic E-state index is 6.24. The maximum atomic E-state index is 6.24. The number of pyridine rings is 1. The first-order valence-corrected chi connectivity index (χ1v) is 6.71. The Hall–Kier alpha value is -0.960. The molecular formula is C13H19ClN2O. The smallest absolute Gasteiger partial charge is 0.215 e. The maximum Gasteiger partial charge on any atom is 0.215 e. The first-order chi connectivity index (χ1) is 8.29. The van der Waals surface area contributed by atoms with Crippen LogP contribution in [0.4, 0.5) is 5.82 Å². The molecule has 0 spiro atoms. The summed E-state index contributed by atoms with van der Waals surface area (Å²) in [6.07, 6.45) is 3.60. The van der Waals surface area contributed by atoms with Crippen molar-refractivity contribution in [2.24, 2.45) is 5.92 Å². The second-order valence-electron chi connectivity index (χ2n) is 4.38. The highest BCUT2D eigenvalue weighted by Crippen LogP contribution is 2.30. The molecule has 1 N–H and O–H groups in total. The molecule has 1 aliphatic carbocycles. The number of nitrogens with zero attached hydrogens (tertiary/aromatic N) is 1. The molecule has 1 aromatic rings. The average molecular weight is 255 g/mol. The molecule has 0 amide bonds. The van der Waals surface area contributed by atoms with Crippen LogP contribution in [0.15, 0.2) is 18.2 Å². The highest BCUT2D eigenvalue weighted by atomic mass is 35.5. The molecule has 17 heavy (non-hydrogen) atoms. The molecule has 3 nitrogen and oxygen atoms in total. The number of alkyl halides is 1. The third-order valence-electron chi connectivity index (χ3n) is 3.13. The van der Waals surface area contributed by atoms with Gasteiger partial charge in [-0.1, -0.05) is 12.5 Å². The molecule has 94 valence electrons. The predicted octanol–water partition coefficient (Wildman–Crippen LogP) is 3.30. The standard InChI is InChI=1S/C13H19ClN2O/c1-2-17-13-8-4-7-12(16-13)15-9-10-5-3-6-11(10)14/h4,7-8,10-11H,2-3,5-6,9H2,1H3,(H,15,16). The largest absolute Gasteiger partial charge is 0.478 e. The summed E-state index contributed by atoms with van der Waals surface area (Å²) in [5.74, 6) is 2.10. The Kier molecular flexibility index (Phi) is 4.49. The van der Waals surface area contributed by atoms with E-state index in [0.29, 0.717) is 23.8 Å². The lowest BCUT2D eigenvalue weighted by atomic mass is 10.1. The van der Waals surface area contributed by atoms with Crippen LogP contribution in [0.2, 0.25) is 0 Å². The number of ether oxygens (including phenoxy) is 1. The van der Waals surface area contributed by atoms with Crippen molar-refractivity contribution in [3.05, 3.63) is 18.2 Å². The van der Waals surface area contributed by atoms with E-state index in [2.05, 4.69) is 10.3 Å². The van der Waals surface area contributed by atoms with Gasteiger partial charge in [0.15, 0.2) is 0 Å². The number of hydrogen-bond acceptors (Lipinski definition) is 3. The van der Waals surface area contributed by atoms with Gasteiger partial charge in [-0.05, 0) is 31.7 Å². The number of rotatable bonds is 5. The molecular weight excluding hydrogens is 236 g/mol. The van der Waals surface area contributed by atoms with Gasteiger partial charge in [0.1, 0.15) is 5.82 Å². The van der Waals surface area contributed by atoms with E-state index in [4.69, 9.17) is 16.3 Å². The Morgan fingerprint density at radius 1 is 1.47 bits per heavy atom. The molecule has 0 aromatic carbocycles. The summed E-state index contributed by atoms with van der Waals surface area (Å²) in [5, 5.41) is 3.66. The number of hydrogen-bond donors (Lipinski definition) is 1. The van der Waals surface area contributed by atoms with Crippen LogP contribution in [0.25, 0.3) is 0 Å². The minimum absolute atomic E-state index is 0.317. The summed E-state index contributed by atoms with van der Waals surface area (Å²) in [4.78, 5) is 4.37. The molecule has 0 radical (unpaired) electrons. The van der Waals surface area contributed by atoms with Gasteiger partial charge in [0.25, 0.3) is 0 Å². The highest BCUT2D eigenvalue weighted by molar-refractivity contribution is 6.20. The molecule has 1 heterocycles. The third kappa shape index (κ3) is 3.50. The van der Waals surface area contributed by atoms with Gasteiger partial charge in [0.2, 0.25) is 5.88 Å². The minimum Gasteiger partial charge on any atom is -0.478 e. The number of halogens is 1. The van der Waals surface area contributed by atoms with Crippen LogP contribution in [0, 0.1) is 5.92 Å². The van der Waals surface area contributed by atoms with E-state index in [0.717, 1.165) is 18.8 Å². The van der Waals surface area contributed by atoms with Crippen molar-refractivity contribution in [1.82, 2.24) is 4.98 Å². The quantitative estimate of drug-likeness (QED) is 0.819. The Labute approximate surface area is 108 Å². The summed E-state index contributed by atoms with van der Waals surface area (Å²) >= 11 is 6.24. The van der Waals surface area contributed by atoms with Crippen LogP contribution in [0.5, 0.6) is 5.88 Å². The van der Waals surface area contributed by atoms with Crippen LogP contribution >= 0.6 is 11.6 Å². The van der Waals surface area contributed by atoms with Gasteiger partial charge in [0, 0.05) is 18.0 Å². The van der Waals surface area contributed by atoms with Crippen molar-refractivity contribution < 1.29 is 4.74 Å².